The summed E-state index contributed by atoms with van der Waals surface area (Å²) < 4.78 is 0. The number of amides is 1. The average molecular weight is 214 g/mol. The minimum absolute atomic E-state index is 0.0333. The van der Waals surface area contributed by atoms with E-state index >= 15 is 0 Å². The van der Waals surface area contributed by atoms with Gasteiger partial charge in [-0.05, 0) is 19.9 Å². The first-order valence-electron chi connectivity index (χ1n) is 4.28. The monoisotopic (exact) mass is 213 g/mol. The Morgan fingerprint density at radius 1 is 1.71 bits per heavy atom. The Balaban J connectivity index is 2.69. The van der Waals surface area contributed by atoms with Crippen LogP contribution in [0.4, 0.5) is 0 Å². The summed E-state index contributed by atoms with van der Waals surface area (Å²) in [6.07, 6.45) is 1.67. The molecule has 4 nitrogen and oxygen atoms in total. The first-order valence-corrected chi connectivity index (χ1v) is 4.82. The minimum atomic E-state index is -0.199. The lowest BCUT2D eigenvalue weighted by Gasteiger charge is -2.12. The highest BCUT2D eigenvalue weighted by atomic mass is 35.5. The summed E-state index contributed by atoms with van der Waals surface area (Å²) in [6, 6.07) is 1.63. The first kappa shape index (κ1) is 10.9. The van der Waals surface area contributed by atoms with Gasteiger partial charge < -0.3 is 5.32 Å². The lowest BCUT2D eigenvalue weighted by Crippen LogP contribution is -2.28. The third kappa shape index (κ3) is 2.96. The number of aryl methyl sites for hydroxylation is 1. The fourth-order valence-corrected chi connectivity index (χ4v) is 1.15. The molecule has 0 saturated heterocycles. The Hall–Kier alpha value is -1.16. The molecule has 14 heavy (non-hydrogen) atoms. The Labute approximate surface area is 87.7 Å². The Morgan fingerprint density at radius 2 is 2.43 bits per heavy atom. The predicted octanol–water partition coefficient (Wildman–Crippen LogP) is 1.20. The van der Waals surface area contributed by atoms with E-state index in [1.807, 2.05) is 6.92 Å². The second-order valence-corrected chi connectivity index (χ2v) is 3.22. The topological polar surface area (TPSA) is 54.9 Å². The lowest BCUT2D eigenvalue weighted by atomic mass is 10.2. The smallest absolute Gasteiger partial charge is 0.235 e. The molecular formula is C9H12ClN3O. The third-order valence-corrected chi connectivity index (χ3v) is 1.98. The van der Waals surface area contributed by atoms with Crippen LogP contribution in [0.5, 0.6) is 0 Å². The summed E-state index contributed by atoms with van der Waals surface area (Å²) in [4.78, 5) is 19.2. The molecule has 1 rings (SSSR count). The van der Waals surface area contributed by atoms with E-state index in [0.717, 1.165) is 5.69 Å². The van der Waals surface area contributed by atoms with Gasteiger partial charge in [-0.25, -0.2) is 9.97 Å². The zero-order valence-electron chi connectivity index (χ0n) is 8.12. The van der Waals surface area contributed by atoms with Crippen molar-refractivity contribution >= 4 is 17.5 Å². The number of hydrogen-bond acceptors (Lipinski definition) is 3. The fraction of sp³-hybridized carbons (Fsp3) is 0.444. The fourth-order valence-electron chi connectivity index (χ4n) is 1.07. The molecule has 0 aliphatic carbocycles. The van der Waals surface area contributed by atoms with Crippen LogP contribution >= 0.6 is 11.6 Å². The molecule has 5 heteroatoms. The summed E-state index contributed by atoms with van der Waals surface area (Å²) in [5, 5.41) is 2.71. The molecular weight excluding hydrogens is 202 g/mol. The summed E-state index contributed by atoms with van der Waals surface area (Å²) in [7, 11) is 0. The zero-order chi connectivity index (χ0) is 10.6. The van der Waals surface area contributed by atoms with Gasteiger partial charge in [-0.15, -0.1) is 11.6 Å². The van der Waals surface area contributed by atoms with E-state index in [0.29, 0.717) is 5.82 Å². The summed E-state index contributed by atoms with van der Waals surface area (Å²) in [5.41, 5.74) is 0.788. The van der Waals surface area contributed by atoms with Gasteiger partial charge in [0.05, 0.1) is 11.7 Å². The molecule has 0 aromatic carbocycles. The van der Waals surface area contributed by atoms with Crippen molar-refractivity contribution in [1.82, 2.24) is 15.3 Å². The highest BCUT2D eigenvalue weighted by Crippen LogP contribution is 2.07. The molecule has 0 radical (unpaired) electrons. The highest BCUT2D eigenvalue weighted by molar-refractivity contribution is 6.27. The van der Waals surface area contributed by atoms with Gasteiger partial charge in [0.1, 0.15) is 11.7 Å². The second kappa shape index (κ2) is 4.91. The number of carbonyl (C=O) groups excluding carboxylic acids is 1. The standard InChI is InChI=1S/C9H12ClN3O/c1-6(12-9(14)5-10)8-3-4-11-7(2)13-8/h3-4,6H,5H2,1-2H3,(H,12,14). The van der Waals surface area contributed by atoms with Gasteiger partial charge in [0.2, 0.25) is 5.91 Å². The summed E-state index contributed by atoms with van der Waals surface area (Å²) in [6.45, 7) is 3.66. The van der Waals surface area contributed by atoms with Crippen LogP contribution in [0.1, 0.15) is 24.5 Å². The zero-order valence-corrected chi connectivity index (χ0v) is 8.88. The molecule has 0 fully saturated rings. The number of aromatic nitrogens is 2. The van der Waals surface area contributed by atoms with E-state index in [9.17, 15) is 4.79 Å². The molecule has 1 unspecified atom stereocenters. The molecule has 76 valence electrons. The molecule has 0 aliphatic heterocycles. The number of halogens is 1. The van der Waals surface area contributed by atoms with Crippen LogP contribution in [0.25, 0.3) is 0 Å². The van der Waals surface area contributed by atoms with Crippen LogP contribution in [0.3, 0.4) is 0 Å². The maximum absolute atomic E-state index is 11.0. The molecule has 0 spiro atoms. The van der Waals surface area contributed by atoms with Gasteiger partial charge in [-0.2, -0.15) is 0 Å². The van der Waals surface area contributed by atoms with Crippen molar-refractivity contribution in [3.05, 3.63) is 23.8 Å². The number of nitrogens with one attached hydrogen (secondary N) is 1. The molecule has 1 atom stereocenters. The van der Waals surface area contributed by atoms with E-state index in [1.165, 1.54) is 0 Å². The quantitative estimate of drug-likeness (QED) is 0.768. The molecule has 0 bridgehead atoms. The van der Waals surface area contributed by atoms with Gasteiger partial charge in [0.25, 0.3) is 0 Å². The molecule has 0 saturated carbocycles. The highest BCUT2D eigenvalue weighted by Gasteiger charge is 2.09. The van der Waals surface area contributed by atoms with E-state index < -0.39 is 0 Å². The Morgan fingerprint density at radius 3 is 3.00 bits per heavy atom. The normalized spacial score (nSPS) is 12.2. The van der Waals surface area contributed by atoms with Crippen LogP contribution in [0.15, 0.2) is 12.3 Å². The van der Waals surface area contributed by atoms with Crippen molar-refractivity contribution in [1.29, 1.82) is 0 Å². The van der Waals surface area contributed by atoms with Crippen molar-refractivity contribution in [3.63, 3.8) is 0 Å². The van der Waals surface area contributed by atoms with Crippen LogP contribution in [-0.4, -0.2) is 21.8 Å². The van der Waals surface area contributed by atoms with E-state index in [-0.39, 0.29) is 17.8 Å². The molecule has 1 heterocycles. The van der Waals surface area contributed by atoms with Crippen LogP contribution in [-0.2, 0) is 4.79 Å². The van der Waals surface area contributed by atoms with E-state index in [1.54, 1.807) is 19.2 Å². The van der Waals surface area contributed by atoms with Crippen LogP contribution in [0, 0.1) is 6.92 Å². The van der Waals surface area contributed by atoms with Gasteiger partial charge in [0.15, 0.2) is 0 Å². The molecule has 1 N–H and O–H groups in total. The lowest BCUT2D eigenvalue weighted by molar-refractivity contribution is -0.119. The Kier molecular flexibility index (Phi) is 3.83. The summed E-state index contributed by atoms with van der Waals surface area (Å²) >= 11 is 5.37. The third-order valence-electron chi connectivity index (χ3n) is 1.74. The number of carbonyl (C=O) groups is 1. The van der Waals surface area contributed by atoms with Gasteiger partial charge in [-0.1, -0.05) is 0 Å². The molecule has 1 amide bonds. The Bertz CT molecular complexity index is 330. The van der Waals surface area contributed by atoms with Crippen LogP contribution in [0.2, 0.25) is 0 Å². The average Bonchev–Trinajstić information content (AvgIpc) is 2.17. The molecule has 0 aliphatic rings. The largest absolute Gasteiger partial charge is 0.347 e. The molecule has 1 aromatic heterocycles. The van der Waals surface area contributed by atoms with Crippen molar-refractivity contribution in [3.8, 4) is 0 Å². The number of alkyl halides is 1. The van der Waals surface area contributed by atoms with Crippen molar-refractivity contribution in [2.24, 2.45) is 0 Å². The maximum Gasteiger partial charge on any atom is 0.235 e. The number of nitrogens with zero attached hydrogens (tertiary/aromatic N) is 2. The van der Waals surface area contributed by atoms with Gasteiger partial charge in [0, 0.05) is 6.20 Å². The SMILES string of the molecule is Cc1nccc(C(C)NC(=O)CCl)n1. The number of hydrogen-bond donors (Lipinski definition) is 1. The van der Waals surface area contributed by atoms with Crippen molar-refractivity contribution in [2.75, 3.05) is 5.88 Å². The maximum atomic E-state index is 11.0. The van der Waals surface area contributed by atoms with E-state index in [4.69, 9.17) is 11.6 Å². The van der Waals surface area contributed by atoms with Gasteiger partial charge in [-0.3, -0.25) is 4.79 Å². The van der Waals surface area contributed by atoms with Crippen molar-refractivity contribution < 1.29 is 4.79 Å². The minimum Gasteiger partial charge on any atom is -0.347 e. The van der Waals surface area contributed by atoms with Crippen LogP contribution < -0.4 is 5.32 Å². The van der Waals surface area contributed by atoms with Crippen molar-refractivity contribution in [2.45, 2.75) is 19.9 Å². The predicted molar refractivity (Wildman–Crippen MR) is 54.0 cm³/mol. The van der Waals surface area contributed by atoms with Gasteiger partial charge >= 0.3 is 0 Å². The number of rotatable bonds is 3. The first-order chi connectivity index (χ1) is 6.63. The second-order valence-electron chi connectivity index (χ2n) is 2.95. The summed E-state index contributed by atoms with van der Waals surface area (Å²) in [5.74, 6) is 0.457. The molecule has 1 aromatic rings. The van der Waals surface area contributed by atoms with E-state index in [2.05, 4.69) is 15.3 Å².